The predicted octanol–water partition coefficient (Wildman–Crippen LogP) is 3.50. The molecule has 1 nitrogen and oxygen atoms in total. The maximum Gasteiger partial charge on any atom is 0.137 e. The van der Waals surface area contributed by atoms with E-state index in [9.17, 15) is 9.18 Å². The number of carbonyl (C=O) groups excluding carboxylic acids is 1. The van der Waals surface area contributed by atoms with Gasteiger partial charge in [0, 0.05) is 17.3 Å². The Morgan fingerprint density at radius 2 is 2.21 bits per heavy atom. The van der Waals surface area contributed by atoms with E-state index in [2.05, 4.69) is 15.9 Å². The van der Waals surface area contributed by atoms with Gasteiger partial charge in [0.25, 0.3) is 0 Å². The second-order valence-electron chi connectivity index (χ2n) is 3.20. The SMILES string of the molecule is CCCC(=O)Cc1cc(Br)ccc1F. The quantitative estimate of drug-likeness (QED) is 0.808. The molecule has 0 amide bonds. The molecule has 1 rings (SSSR count). The molecule has 0 radical (unpaired) electrons. The standard InChI is InChI=1S/C11H12BrFO/c1-2-3-10(14)7-8-6-9(12)4-5-11(8)13/h4-6H,2-3,7H2,1H3. The fourth-order valence-electron chi connectivity index (χ4n) is 1.26. The highest BCUT2D eigenvalue weighted by Gasteiger charge is 2.07. The Morgan fingerprint density at radius 1 is 1.50 bits per heavy atom. The van der Waals surface area contributed by atoms with Crippen LogP contribution in [-0.2, 0) is 11.2 Å². The number of ketones is 1. The smallest absolute Gasteiger partial charge is 0.137 e. The third-order valence-electron chi connectivity index (χ3n) is 1.92. The highest BCUT2D eigenvalue weighted by molar-refractivity contribution is 9.10. The lowest BCUT2D eigenvalue weighted by Crippen LogP contribution is -2.03. The lowest BCUT2D eigenvalue weighted by molar-refractivity contribution is -0.118. The largest absolute Gasteiger partial charge is 0.299 e. The van der Waals surface area contributed by atoms with Crippen molar-refractivity contribution in [3.8, 4) is 0 Å². The van der Waals surface area contributed by atoms with Crippen LogP contribution in [0.5, 0.6) is 0 Å². The average molecular weight is 259 g/mol. The molecule has 0 spiro atoms. The summed E-state index contributed by atoms with van der Waals surface area (Å²) < 4.78 is 14.0. The third-order valence-corrected chi connectivity index (χ3v) is 2.42. The van der Waals surface area contributed by atoms with Gasteiger partial charge in [-0.25, -0.2) is 4.39 Å². The zero-order valence-corrected chi connectivity index (χ0v) is 9.60. The Bertz CT molecular complexity index is 336. The van der Waals surface area contributed by atoms with E-state index in [-0.39, 0.29) is 18.0 Å². The van der Waals surface area contributed by atoms with Crippen LogP contribution in [0.4, 0.5) is 4.39 Å². The second-order valence-corrected chi connectivity index (χ2v) is 4.12. The Kier molecular flexibility index (Phi) is 4.26. The van der Waals surface area contributed by atoms with Crippen LogP contribution in [-0.4, -0.2) is 5.78 Å². The minimum atomic E-state index is -0.308. The lowest BCUT2D eigenvalue weighted by atomic mass is 10.1. The van der Waals surface area contributed by atoms with E-state index in [0.29, 0.717) is 12.0 Å². The fraction of sp³-hybridized carbons (Fsp3) is 0.364. The van der Waals surface area contributed by atoms with E-state index >= 15 is 0 Å². The predicted molar refractivity (Wildman–Crippen MR) is 57.7 cm³/mol. The number of Topliss-reactive ketones (excluding diaryl/α,β-unsaturated/α-hetero) is 1. The number of hydrogen-bond acceptors (Lipinski definition) is 1. The van der Waals surface area contributed by atoms with Gasteiger partial charge in [0.2, 0.25) is 0 Å². The number of carbonyl (C=O) groups is 1. The van der Waals surface area contributed by atoms with Crippen molar-refractivity contribution in [1.29, 1.82) is 0 Å². The van der Waals surface area contributed by atoms with Gasteiger partial charge in [-0.15, -0.1) is 0 Å². The van der Waals surface area contributed by atoms with Crippen molar-refractivity contribution in [2.75, 3.05) is 0 Å². The molecule has 76 valence electrons. The molecule has 0 aliphatic carbocycles. The van der Waals surface area contributed by atoms with Gasteiger partial charge in [-0.2, -0.15) is 0 Å². The molecule has 0 saturated carbocycles. The monoisotopic (exact) mass is 258 g/mol. The van der Waals surface area contributed by atoms with Crippen molar-refractivity contribution in [3.63, 3.8) is 0 Å². The summed E-state index contributed by atoms with van der Waals surface area (Å²) in [4.78, 5) is 11.3. The first kappa shape index (κ1) is 11.4. The molecule has 14 heavy (non-hydrogen) atoms. The Labute approximate surface area is 91.5 Å². The topological polar surface area (TPSA) is 17.1 Å². The van der Waals surface area contributed by atoms with Gasteiger partial charge < -0.3 is 0 Å². The summed E-state index contributed by atoms with van der Waals surface area (Å²) in [5, 5.41) is 0. The van der Waals surface area contributed by atoms with Crippen LogP contribution in [0.2, 0.25) is 0 Å². The molecule has 0 unspecified atom stereocenters. The number of hydrogen-bond donors (Lipinski definition) is 0. The maximum atomic E-state index is 13.2. The molecule has 3 heteroatoms. The molecule has 0 atom stereocenters. The van der Waals surface area contributed by atoms with E-state index < -0.39 is 0 Å². The maximum absolute atomic E-state index is 13.2. The van der Waals surface area contributed by atoms with Crippen molar-refractivity contribution in [2.45, 2.75) is 26.2 Å². The summed E-state index contributed by atoms with van der Waals surface area (Å²) >= 11 is 3.25. The van der Waals surface area contributed by atoms with Crippen molar-refractivity contribution in [1.82, 2.24) is 0 Å². The van der Waals surface area contributed by atoms with Crippen LogP contribution < -0.4 is 0 Å². The van der Waals surface area contributed by atoms with Gasteiger partial charge in [-0.3, -0.25) is 4.79 Å². The molecule has 0 heterocycles. The lowest BCUT2D eigenvalue weighted by Gasteiger charge is -2.02. The van der Waals surface area contributed by atoms with Crippen molar-refractivity contribution in [2.24, 2.45) is 0 Å². The first-order chi connectivity index (χ1) is 6.63. The Morgan fingerprint density at radius 3 is 2.86 bits per heavy atom. The van der Waals surface area contributed by atoms with Crippen LogP contribution in [0.15, 0.2) is 22.7 Å². The molecule has 0 aliphatic rings. The van der Waals surface area contributed by atoms with Crippen LogP contribution in [0.25, 0.3) is 0 Å². The van der Waals surface area contributed by atoms with Crippen LogP contribution in [0.1, 0.15) is 25.3 Å². The van der Waals surface area contributed by atoms with Crippen LogP contribution in [0.3, 0.4) is 0 Å². The molecular weight excluding hydrogens is 247 g/mol. The molecule has 0 saturated heterocycles. The summed E-state index contributed by atoms with van der Waals surface area (Å²) in [6.45, 7) is 1.94. The highest BCUT2D eigenvalue weighted by atomic mass is 79.9. The molecule has 1 aromatic carbocycles. The van der Waals surface area contributed by atoms with Gasteiger partial charge in [0.05, 0.1) is 0 Å². The fourth-order valence-corrected chi connectivity index (χ4v) is 1.67. The van der Waals surface area contributed by atoms with Crippen LogP contribution >= 0.6 is 15.9 Å². The van der Waals surface area contributed by atoms with Gasteiger partial charge in [-0.1, -0.05) is 22.9 Å². The van der Waals surface area contributed by atoms with Gasteiger partial charge in [-0.05, 0) is 30.2 Å². The van der Waals surface area contributed by atoms with Crippen LogP contribution in [0, 0.1) is 5.82 Å². The molecule has 0 aliphatic heterocycles. The molecule has 0 aromatic heterocycles. The van der Waals surface area contributed by atoms with Gasteiger partial charge >= 0.3 is 0 Å². The zero-order chi connectivity index (χ0) is 10.6. The van der Waals surface area contributed by atoms with Gasteiger partial charge in [0.1, 0.15) is 11.6 Å². The van der Waals surface area contributed by atoms with E-state index in [1.807, 2.05) is 6.92 Å². The summed E-state index contributed by atoms with van der Waals surface area (Å²) in [6.07, 6.45) is 1.53. The Hall–Kier alpha value is -0.700. The number of rotatable bonds is 4. The molecule has 0 bridgehead atoms. The number of halogens is 2. The summed E-state index contributed by atoms with van der Waals surface area (Å²) in [5.41, 5.74) is 0.470. The minimum Gasteiger partial charge on any atom is -0.299 e. The number of benzene rings is 1. The first-order valence-electron chi connectivity index (χ1n) is 4.59. The molecular formula is C11H12BrFO. The van der Waals surface area contributed by atoms with Crippen molar-refractivity contribution in [3.05, 3.63) is 34.1 Å². The van der Waals surface area contributed by atoms with E-state index in [0.717, 1.165) is 10.9 Å². The normalized spacial score (nSPS) is 10.2. The Balaban J connectivity index is 2.75. The second kappa shape index (κ2) is 5.25. The van der Waals surface area contributed by atoms with Crippen molar-refractivity contribution < 1.29 is 9.18 Å². The first-order valence-corrected chi connectivity index (χ1v) is 5.38. The van der Waals surface area contributed by atoms with E-state index in [1.165, 1.54) is 6.07 Å². The summed E-state index contributed by atoms with van der Waals surface area (Å²) in [6, 6.07) is 4.66. The minimum absolute atomic E-state index is 0.0875. The molecule has 0 fully saturated rings. The highest BCUT2D eigenvalue weighted by Crippen LogP contribution is 2.16. The van der Waals surface area contributed by atoms with E-state index in [1.54, 1.807) is 12.1 Å². The third kappa shape index (κ3) is 3.22. The molecule has 0 N–H and O–H groups in total. The average Bonchev–Trinajstić information content (AvgIpc) is 2.12. The van der Waals surface area contributed by atoms with Crippen molar-refractivity contribution >= 4 is 21.7 Å². The summed E-state index contributed by atoms with van der Waals surface area (Å²) in [7, 11) is 0. The van der Waals surface area contributed by atoms with E-state index in [4.69, 9.17) is 0 Å². The summed E-state index contributed by atoms with van der Waals surface area (Å²) in [5.74, 6) is -0.220. The van der Waals surface area contributed by atoms with Gasteiger partial charge in [0.15, 0.2) is 0 Å². The zero-order valence-electron chi connectivity index (χ0n) is 8.02. The molecule has 1 aromatic rings.